The van der Waals surface area contributed by atoms with Gasteiger partial charge in [-0.05, 0) is 48.5 Å². The minimum atomic E-state index is -0.366. The van der Waals surface area contributed by atoms with E-state index in [-0.39, 0.29) is 11.6 Å². The lowest BCUT2D eigenvalue weighted by Crippen LogP contribution is -2.14. The van der Waals surface area contributed by atoms with Crippen molar-refractivity contribution in [3.63, 3.8) is 0 Å². The van der Waals surface area contributed by atoms with Gasteiger partial charge in [-0.15, -0.1) is 10.2 Å². The summed E-state index contributed by atoms with van der Waals surface area (Å²) in [4.78, 5) is 12.2. The maximum atomic E-state index is 12.2. The van der Waals surface area contributed by atoms with E-state index >= 15 is 0 Å². The highest BCUT2D eigenvalue weighted by molar-refractivity contribution is 6.43. The number of benzene rings is 2. The number of hydrogen-bond donors (Lipinski definition) is 2. The van der Waals surface area contributed by atoms with Gasteiger partial charge >= 0.3 is 0 Å². The van der Waals surface area contributed by atoms with Crippen molar-refractivity contribution in [3.05, 3.63) is 70.3 Å². The second-order valence-electron chi connectivity index (χ2n) is 5.21. The third kappa shape index (κ3) is 4.22. The number of methoxy groups -OCH3 is 1. The summed E-state index contributed by atoms with van der Waals surface area (Å²) in [7, 11) is 1.58. The maximum Gasteiger partial charge on any atom is 0.276 e. The molecule has 6 nitrogen and oxygen atoms in total. The molecular weight excluding hydrogens is 375 g/mol. The predicted molar refractivity (Wildman–Crippen MR) is 103 cm³/mol. The van der Waals surface area contributed by atoms with Gasteiger partial charge in [0.05, 0.1) is 22.8 Å². The molecule has 0 radical (unpaired) electrons. The number of carbonyl (C=O) groups excluding carboxylic acids is 1. The Morgan fingerprint density at radius 2 is 1.77 bits per heavy atom. The van der Waals surface area contributed by atoms with Crippen molar-refractivity contribution in [2.24, 2.45) is 0 Å². The molecule has 26 heavy (non-hydrogen) atoms. The number of rotatable bonds is 5. The highest BCUT2D eigenvalue weighted by Gasteiger charge is 2.10. The van der Waals surface area contributed by atoms with Crippen molar-refractivity contribution in [2.75, 3.05) is 17.7 Å². The van der Waals surface area contributed by atoms with Gasteiger partial charge in [0.1, 0.15) is 5.75 Å². The van der Waals surface area contributed by atoms with Crippen molar-refractivity contribution in [2.45, 2.75) is 0 Å². The standard InChI is InChI=1S/C18H14Cl2N4O2/c1-26-12-7-5-11(6-8-12)21-18(25)15-9-10-16(24-23-15)22-14-4-2-3-13(19)17(14)20/h2-10H,1H3,(H,21,25)(H,22,24). The molecule has 8 heteroatoms. The van der Waals surface area contributed by atoms with Crippen LogP contribution in [0.2, 0.25) is 10.0 Å². The van der Waals surface area contributed by atoms with Gasteiger partial charge in [-0.3, -0.25) is 4.79 Å². The minimum Gasteiger partial charge on any atom is -0.497 e. The fourth-order valence-electron chi connectivity index (χ4n) is 2.13. The van der Waals surface area contributed by atoms with Crippen LogP contribution in [0.1, 0.15) is 10.5 Å². The monoisotopic (exact) mass is 388 g/mol. The fraction of sp³-hybridized carbons (Fsp3) is 0.0556. The Balaban J connectivity index is 1.68. The Hall–Kier alpha value is -2.83. The van der Waals surface area contributed by atoms with Crippen LogP contribution in [0.4, 0.5) is 17.2 Å². The zero-order chi connectivity index (χ0) is 18.5. The third-order valence-electron chi connectivity index (χ3n) is 3.46. The van der Waals surface area contributed by atoms with E-state index in [1.54, 1.807) is 61.7 Å². The highest BCUT2D eigenvalue weighted by Crippen LogP contribution is 2.31. The smallest absolute Gasteiger partial charge is 0.276 e. The van der Waals surface area contributed by atoms with Gasteiger partial charge in [0.25, 0.3) is 5.91 Å². The molecule has 0 saturated heterocycles. The molecule has 0 aliphatic rings. The van der Waals surface area contributed by atoms with E-state index in [2.05, 4.69) is 20.8 Å². The fourth-order valence-corrected chi connectivity index (χ4v) is 2.48. The molecule has 0 aliphatic carbocycles. The van der Waals surface area contributed by atoms with Gasteiger partial charge < -0.3 is 15.4 Å². The molecule has 0 atom stereocenters. The Morgan fingerprint density at radius 3 is 2.42 bits per heavy atom. The van der Waals surface area contributed by atoms with Crippen LogP contribution in [0.15, 0.2) is 54.6 Å². The average molecular weight is 389 g/mol. The molecule has 2 N–H and O–H groups in total. The highest BCUT2D eigenvalue weighted by atomic mass is 35.5. The van der Waals surface area contributed by atoms with Crippen molar-refractivity contribution >= 4 is 46.3 Å². The van der Waals surface area contributed by atoms with Gasteiger partial charge in [-0.2, -0.15) is 0 Å². The van der Waals surface area contributed by atoms with Crippen LogP contribution in [-0.4, -0.2) is 23.2 Å². The Bertz CT molecular complexity index is 915. The van der Waals surface area contributed by atoms with E-state index in [4.69, 9.17) is 27.9 Å². The maximum absolute atomic E-state index is 12.2. The van der Waals surface area contributed by atoms with Gasteiger partial charge in [0, 0.05) is 5.69 Å². The molecule has 0 fully saturated rings. The van der Waals surface area contributed by atoms with E-state index in [0.717, 1.165) is 0 Å². The molecule has 0 bridgehead atoms. The van der Waals surface area contributed by atoms with Crippen LogP contribution in [-0.2, 0) is 0 Å². The van der Waals surface area contributed by atoms with Crippen LogP contribution >= 0.6 is 23.2 Å². The first-order valence-electron chi connectivity index (χ1n) is 7.57. The summed E-state index contributed by atoms with van der Waals surface area (Å²) in [6.07, 6.45) is 0. The Kier molecular flexibility index (Phi) is 5.55. The number of amides is 1. The molecule has 1 heterocycles. The summed E-state index contributed by atoms with van der Waals surface area (Å²) in [6.45, 7) is 0. The number of nitrogens with one attached hydrogen (secondary N) is 2. The van der Waals surface area contributed by atoms with Crippen molar-refractivity contribution in [1.29, 1.82) is 0 Å². The largest absolute Gasteiger partial charge is 0.497 e. The van der Waals surface area contributed by atoms with E-state index in [1.807, 2.05) is 0 Å². The molecule has 0 unspecified atom stereocenters. The van der Waals surface area contributed by atoms with E-state index < -0.39 is 0 Å². The molecular formula is C18H14Cl2N4O2. The topological polar surface area (TPSA) is 76.1 Å². The second kappa shape index (κ2) is 8.03. The number of aromatic nitrogens is 2. The molecule has 2 aromatic carbocycles. The average Bonchev–Trinajstić information content (AvgIpc) is 2.66. The van der Waals surface area contributed by atoms with Crippen LogP contribution in [0.5, 0.6) is 5.75 Å². The number of nitrogens with zero attached hydrogens (tertiary/aromatic N) is 2. The van der Waals surface area contributed by atoms with Gasteiger partial charge in [-0.25, -0.2) is 0 Å². The summed E-state index contributed by atoms with van der Waals surface area (Å²) < 4.78 is 5.08. The molecule has 0 saturated carbocycles. The SMILES string of the molecule is COc1ccc(NC(=O)c2ccc(Nc3cccc(Cl)c3Cl)nn2)cc1. The van der Waals surface area contributed by atoms with Gasteiger partial charge in [0.2, 0.25) is 0 Å². The summed E-state index contributed by atoms with van der Waals surface area (Å²) >= 11 is 12.1. The predicted octanol–water partition coefficient (Wildman–Crippen LogP) is 4.79. The Morgan fingerprint density at radius 1 is 1.00 bits per heavy atom. The van der Waals surface area contributed by atoms with Gasteiger partial charge in [0.15, 0.2) is 11.5 Å². The molecule has 3 aromatic rings. The minimum absolute atomic E-state index is 0.184. The van der Waals surface area contributed by atoms with Gasteiger partial charge in [-0.1, -0.05) is 29.3 Å². The van der Waals surface area contributed by atoms with Crippen molar-refractivity contribution in [1.82, 2.24) is 10.2 Å². The summed E-state index contributed by atoms with van der Waals surface area (Å²) in [5, 5.41) is 14.5. The first-order chi connectivity index (χ1) is 12.6. The molecule has 0 aliphatic heterocycles. The van der Waals surface area contributed by atoms with Crippen LogP contribution < -0.4 is 15.4 Å². The van der Waals surface area contributed by atoms with Crippen LogP contribution in [0.3, 0.4) is 0 Å². The summed E-state index contributed by atoms with van der Waals surface area (Å²) in [5.41, 5.74) is 1.41. The normalized spacial score (nSPS) is 10.3. The zero-order valence-electron chi connectivity index (χ0n) is 13.7. The first-order valence-corrected chi connectivity index (χ1v) is 8.32. The zero-order valence-corrected chi connectivity index (χ0v) is 15.2. The number of carbonyl (C=O) groups is 1. The number of anilines is 3. The van der Waals surface area contributed by atoms with Crippen LogP contribution in [0.25, 0.3) is 0 Å². The molecule has 0 spiro atoms. The molecule has 1 amide bonds. The number of halogens is 2. The second-order valence-corrected chi connectivity index (χ2v) is 6.00. The van der Waals surface area contributed by atoms with Crippen LogP contribution in [0, 0.1) is 0 Å². The van der Waals surface area contributed by atoms with E-state index in [1.165, 1.54) is 0 Å². The van der Waals surface area contributed by atoms with Crippen molar-refractivity contribution in [3.8, 4) is 5.75 Å². The summed E-state index contributed by atoms with van der Waals surface area (Å²) in [6, 6.07) is 15.4. The summed E-state index contributed by atoms with van der Waals surface area (Å²) in [5.74, 6) is 0.781. The first kappa shape index (κ1) is 18.0. The molecule has 1 aromatic heterocycles. The quantitative estimate of drug-likeness (QED) is 0.656. The lowest BCUT2D eigenvalue weighted by molar-refractivity contribution is 0.102. The molecule has 3 rings (SSSR count). The van der Waals surface area contributed by atoms with Crippen molar-refractivity contribution < 1.29 is 9.53 Å². The van der Waals surface area contributed by atoms with E-state index in [9.17, 15) is 4.79 Å². The lowest BCUT2D eigenvalue weighted by Gasteiger charge is -2.09. The molecule has 132 valence electrons. The Labute approximate surface area is 160 Å². The number of hydrogen-bond acceptors (Lipinski definition) is 5. The van der Waals surface area contributed by atoms with E-state index in [0.29, 0.717) is 33.0 Å². The number of ether oxygens (including phenoxy) is 1. The lowest BCUT2D eigenvalue weighted by atomic mass is 10.3. The third-order valence-corrected chi connectivity index (χ3v) is 4.28.